The van der Waals surface area contributed by atoms with Crippen LogP contribution in [0, 0.1) is 0 Å². The van der Waals surface area contributed by atoms with Crippen molar-refractivity contribution in [2.45, 2.75) is 11.5 Å². The van der Waals surface area contributed by atoms with Crippen molar-refractivity contribution in [1.29, 1.82) is 0 Å². The van der Waals surface area contributed by atoms with Crippen LogP contribution in [0.3, 0.4) is 0 Å². The van der Waals surface area contributed by atoms with E-state index >= 15 is 0 Å². The lowest BCUT2D eigenvalue weighted by Gasteiger charge is -2.07. The van der Waals surface area contributed by atoms with Crippen molar-refractivity contribution in [3.05, 3.63) is 48.4 Å². The van der Waals surface area contributed by atoms with Crippen LogP contribution in [0.5, 0.6) is 5.75 Å². The fraction of sp³-hybridized carbons (Fsp3) is 0.133. The molecule has 3 aromatic rings. The molecule has 1 aromatic heterocycles. The average molecular weight is 286 g/mol. The maximum Gasteiger partial charge on any atom is 0.233 e. The quantitative estimate of drug-likeness (QED) is 0.585. The summed E-state index contributed by atoms with van der Waals surface area (Å²) in [4.78, 5) is 5.46. The summed E-state index contributed by atoms with van der Waals surface area (Å²) < 4.78 is 11.4. The van der Waals surface area contributed by atoms with E-state index in [4.69, 9.17) is 14.9 Å². The van der Waals surface area contributed by atoms with E-state index in [1.165, 1.54) is 0 Å². The number of anilines is 1. The van der Waals surface area contributed by atoms with Crippen molar-refractivity contribution in [1.82, 2.24) is 4.98 Å². The highest BCUT2D eigenvalue weighted by Gasteiger charge is 2.08. The Morgan fingerprint density at radius 3 is 2.95 bits per heavy atom. The number of oxazole rings is 1. The molecule has 1 heterocycles. The van der Waals surface area contributed by atoms with Gasteiger partial charge >= 0.3 is 0 Å². The van der Waals surface area contributed by atoms with E-state index < -0.39 is 0 Å². The normalized spacial score (nSPS) is 10.8. The van der Waals surface area contributed by atoms with Crippen molar-refractivity contribution >= 4 is 28.5 Å². The van der Waals surface area contributed by atoms with Crippen molar-refractivity contribution < 1.29 is 9.15 Å². The fourth-order valence-corrected chi connectivity index (χ4v) is 2.47. The monoisotopic (exact) mass is 286 g/mol. The molecule has 0 fully saturated rings. The second-order valence-corrected chi connectivity index (χ2v) is 5.12. The number of thioether (sulfide) groups is 1. The van der Waals surface area contributed by atoms with Crippen molar-refractivity contribution in [3.63, 3.8) is 0 Å². The summed E-state index contributed by atoms with van der Waals surface area (Å²) in [5.41, 5.74) is 7.86. The number of hydrogen-bond acceptors (Lipinski definition) is 5. The van der Waals surface area contributed by atoms with Crippen LogP contribution in [0.2, 0.25) is 0 Å². The maximum absolute atomic E-state index is 5.77. The van der Waals surface area contributed by atoms with Gasteiger partial charge in [-0.2, -0.15) is 0 Å². The molecule has 0 atom stereocenters. The number of fused-ring (bicyclic) bond motifs is 1. The van der Waals surface area contributed by atoms with Crippen LogP contribution in [0.15, 0.2) is 51.8 Å². The van der Waals surface area contributed by atoms with Gasteiger partial charge in [-0.05, 0) is 36.6 Å². The Morgan fingerprint density at radius 1 is 1.25 bits per heavy atom. The molecule has 0 amide bonds. The Morgan fingerprint density at radius 2 is 2.10 bits per heavy atom. The standard InChI is InChI=1S/C15H14N2O2S/c1-20-14-5-3-2-4-13(14)18-9-15-17-11-8-10(16)6-7-12(11)19-15/h2-8H,9,16H2,1H3. The number of para-hydroxylation sites is 1. The Balaban J connectivity index is 1.79. The number of nitrogens with zero attached hydrogens (tertiary/aromatic N) is 1. The highest BCUT2D eigenvalue weighted by Crippen LogP contribution is 2.28. The van der Waals surface area contributed by atoms with Gasteiger partial charge in [0.2, 0.25) is 5.89 Å². The Hall–Kier alpha value is -2.14. The molecule has 0 radical (unpaired) electrons. The molecule has 2 aromatic carbocycles. The number of benzene rings is 2. The zero-order chi connectivity index (χ0) is 13.9. The second-order valence-electron chi connectivity index (χ2n) is 4.27. The number of rotatable bonds is 4. The lowest BCUT2D eigenvalue weighted by Crippen LogP contribution is -1.96. The average Bonchev–Trinajstić information content (AvgIpc) is 2.87. The summed E-state index contributed by atoms with van der Waals surface area (Å²) in [6.07, 6.45) is 2.02. The number of ether oxygens (including phenoxy) is 1. The minimum Gasteiger partial charge on any atom is -0.483 e. The summed E-state index contributed by atoms with van der Waals surface area (Å²) in [7, 11) is 0. The lowest BCUT2D eigenvalue weighted by molar-refractivity contribution is 0.261. The first-order valence-corrected chi connectivity index (χ1v) is 7.39. The predicted molar refractivity (Wildman–Crippen MR) is 81.0 cm³/mol. The van der Waals surface area contributed by atoms with Crippen LogP contribution in [-0.4, -0.2) is 11.2 Å². The molecule has 20 heavy (non-hydrogen) atoms. The molecule has 0 unspecified atom stereocenters. The summed E-state index contributed by atoms with van der Waals surface area (Å²) in [6, 6.07) is 13.3. The predicted octanol–water partition coefficient (Wildman–Crippen LogP) is 3.71. The summed E-state index contributed by atoms with van der Waals surface area (Å²) in [6.45, 7) is 0.298. The molecule has 0 saturated heterocycles. The smallest absolute Gasteiger partial charge is 0.233 e. The number of nitrogens with two attached hydrogens (primary N) is 1. The zero-order valence-corrected chi connectivity index (χ0v) is 11.8. The second kappa shape index (κ2) is 5.46. The van der Waals surface area contributed by atoms with Gasteiger partial charge in [0, 0.05) is 10.6 Å². The Kier molecular flexibility index (Phi) is 3.52. The highest BCUT2D eigenvalue weighted by atomic mass is 32.2. The molecule has 102 valence electrons. The minimum atomic E-state index is 0.298. The van der Waals surface area contributed by atoms with Crippen LogP contribution in [-0.2, 0) is 6.61 Å². The molecule has 3 rings (SSSR count). The first-order valence-electron chi connectivity index (χ1n) is 6.17. The van der Waals surface area contributed by atoms with Gasteiger partial charge < -0.3 is 14.9 Å². The molecule has 0 aliphatic heterocycles. The van der Waals surface area contributed by atoms with Crippen LogP contribution in [0.25, 0.3) is 11.1 Å². The minimum absolute atomic E-state index is 0.298. The van der Waals surface area contributed by atoms with Crippen LogP contribution in [0.4, 0.5) is 5.69 Å². The molecule has 0 aliphatic rings. The first-order chi connectivity index (χ1) is 9.76. The molecule has 0 saturated carbocycles. The lowest BCUT2D eigenvalue weighted by atomic mass is 10.3. The zero-order valence-electron chi connectivity index (χ0n) is 11.0. The highest BCUT2D eigenvalue weighted by molar-refractivity contribution is 7.98. The van der Waals surface area contributed by atoms with Gasteiger partial charge in [-0.3, -0.25) is 0 Å². The van der Waals surface area contributed by atoms with Gasteiger partial charge in [-0.1, -0.05) is 12.1 Å². The maximum atomic E-state index is 5.77. The molecule has 0 spiro atoms. The molecule has 5 heteroatoms. The molecular weight excluding hydrogens is 272 g/mol. The number of hydrogen-bond donors (Lipinski definition) is 1. The molecule has 0 aliphatic carbocycles. The van der Waals surface area contributed by atoms with Gasteiger partial charge in [0.15, 0.2) is 12.2 Å². The first kappa shape index (κ1) is 12.9. The molecule has 4 nitrogen and oxygen atoms in total. The molecule has 0 bridgehead atoms. The van der Waals surface area contributed by atoms with Crippen molar-refractivity contribution in [2.75, 3.05) is 12.0 Å². The van der Waals surface area contributed by atoms with E-state index in [-0.39, 0.29) is 0 Å². The molecule has 2 N–H and O–H groups in total. The third-order valence-corrected chi connectivity index (χ3v) is 3.65. The molecular formula is C15H14N2O2S. The van der Waals surface area contributed by atoms with Crippen molar-refractivity contribution in [3.8, 4) is 5.75 Å². The van der Waals surface area contributed by atoms with E-state index in [0.29, 0.717) is 18.2 Å². The third kappa shape index (κ3) is 2.58. The summed E-state index contributed by atoms with van der Waals surface area (Å²) in [5.74, 6) is 1.38. The van der Waals surface area contributed by atoms with Gasteiger partial charge in [0.1, 0.15) is 11.3 Å². The van der Waals surface area contributed by atoms with Crippen LogP contribution in [0.1, 0.15) is 5.89 Å². The van der Waals surface area contributed by atoms with E-state index in [0.717, 1.165) is 21.7 Å². The summed E-state index contributed by atoms with van der Waals surface area (Å²) >= 11 is 1.64. The number of nitrogen functional groups attached to an aromatic ring is 1. The number of aromatic nitrogens is 1. The van der Waals surface area contributed by atoms with Gasteiger partial charge in [-0.25, -0.2) is 4.98 Å². The summed E-state index contributed by atoms with van der Waals surface area (Å²) in [5, 5.41) is 0. The SMILES string of the molecule is CSc1ccccc1OCc1nc2cc(N)ccc2o1. The van der Waals surface area contributed by atoms with Crippen LogP contribution >= 0.6 is 11.8 Å². The van der Waals surface area contributed by atoms with E-state index in [1.807, 2.05) is 36.6 Å². The topological polar surface area (TPSA) is 61.3 Å². The third-order valence-electron chi connectivity index (χ3n) is 2.88. The Bertz CT molecular complexity index is 740. The Labute approximate surface area is 120 Å². The van der Waals surface area contributed by atoms with E-state index in [2.05, 4.69) is 4.98 Å². The fourth-order valence-electron chi connectivity index (χ4n) is 1.93. The van der Waals surface area contributed by atoms with Crippen LogP contribution < -0.4 is 10.5 Å². The van der Waals surface area contributed by atoms with E-state index in [1.54, 1.807) is 23.9 Å². The van der Waals surface area contributed by atoms with Gasteiger partial charge in [-0.15, -0.1) is 11.8 Å². The van der Waals surface area contributed by atoms with Gasteiger partial charge in [0.05, 0.1) is 0 Å². The largest absolute Gasteiger partial charge is 0.483 e. The van der Waals surface area contributed by atoms with Crippen molar-refractivity contribution in [2.24, 2.45) is 0 Å². The van der Waals surface area contributed by atoms with E-state index in [9.17, 15) is 0 Å². The van der Waals surface area contributed by atoms with Gasteiger partial charge in [0.25, 0.3) is 0 Å².